The molecule has 0 aromatic heterocycles. The lowest BCUT2D eigenvalue weighted by molar-refractivity contribution is 1.11. The van der Waals surface area contributed by atoms with Gasteiger partial charge in [-0.05, 0) is 66.4 Å². The van der Waals surface area contributed by atoms with Crippen LogP contribution in [0.3, 0.4) is 0 Å². The molecule has 3 aromatic carbocycles. The highest BCUT2D eigenvalue weighted by atomic mass is 79.9. The molecule has 3 aromatic rings. The molecule has 3 nitrogen and oxygen atoms in total. The van der Waals surface area contributed by atoms with Gasteiger partial charge in [0.2, 0.25) is 0 Å². The van der Waals surface area contributed by atoms with Crippen molar-refractivity contribution in [1.82, 2.24) is 0 Å². The van der Waals surface area contributed by atoms with Crippen LogP contribution >= 0.6 is 27.9 Å². The van der Waals surface area contributed by atoms with Crippen LogP contribution in [0.4, 0.5) is 17.1 Å². The average molecular weight is 414 g/mol. The van der Waals surface area contributed by atoms with Gasteiger partial charge in [0.15, 0.2) is 0 Å². The molecule has 0 aliphatic carbocycles. The third-order valence-corrected chi connectivity index (χ3v) is 5.64. The Morgan fingerprint density at radius 1 is 1.00 bits per heavy atom. The van der Waals surface area contributed by atoms with Crippen LogP contribution in [0.2, 0.25) is 0 Å². The fourth-order valence-electron chi connectivity index (χ4n) is 2.43. The molecule has 3 rings (SSSR count). The Hall–Kier alpha value is -2.11. The number of anilines is 3. The zero-order valence-corrected chi connectivity index (χ0v) is 16.3. The van der Waals surface area contributed by atoms with Gasteiger partial charge in [-0.3, -0.25) is 0 Å². The van der Waals surface area contributed by atoms with Crippen molar-refractivity contribution in [3.8, 4) is 0 Å². The summed E-state index contributed by atoms with van der Waals surface area (Å²) in [7, 11) is 0. The number of rotatable bonds is 6. The highest BCUT2D eigenvalue weighted by molar-refractivity contribution is 9.10. The highest BCUT2D eigenvalue weighted by Crippen LogP contribution is 2.28. The van der Waals surface area contributed by atoms with E-state index in [1.165, 1.54) is 11.1 Å². The molecule has 0 unspecified atom stereocenters. The van der Waals surface area contributed by atoms with Crippen LogP contribution in [0.1, 0.15) is 11.1 Å². The summed E-state index contributed by atoms with van der Waals surface area (Å²) >= 11 is 5.14. The van der Waals surface area contributed by atoms with Crippen molar-refractivity contribution in [1.29, 1.82) is 0 Å². The minimum absolute atomic E-state index is 0.728. The van der Waals surface area contributed by atoms with E-state index in [0.717, 1.165) is 33.0 Å². The van der Waals surface area contributed by atoms with Gasteiger partial charge in [0, 0.05) is 21.6 Å². The van der Waals surface area contributed by atoms with Gasteiger partial charge in [0.05, 0.1) is 11.4 Å². The Morgan fingerprint density at radius 3 is 2.56 bits per heavy atom. The average Bonchev–Trinajstić information content (AvgIpc) is 2.63. The van der Waals surface area contributed by atoms with Gasteiger partial charge in [-0.25, -0.2) is 0 Å². The van der Waals surface area contributed by atoms with E-state index < -0.39 is 0 Å². The molecule has 0 spiro atoms. The monoisotopic (exact) mass is 413 g/mol. The maximum absolute atomic E-state index is 6.20. The van der Waals surface area contributed by atoms with E-state index >= 15 is 0 Å². The number of hydrogen-bond donors (Lipinski definition) is 3. The summed E-state index contributed by atoms with van der Waals surface area (Å²) in [5.74, 6) is 0. The Balaban J connectivity index is 1.62. The van der Waals surface area contributed by atoms with E-state index in [1.807, 2.05) is 42.5 Å². The predicted molar refractivity (Wildman–Crippen MR) is 113 cm³/mol. The largest absolute Gasteiger partial charge is 0.397 e. The Labute approximate surface area is 161 Å². The summed E-state index contributed by atoms with van der Waals surface area (Å²) in [6.07, 6.45) is 0. The van der Waals surface area contributed by atoms with Crippen LogP contribution in [0.15, 0.2) is 76.1 Å². The summed E-state index contributed by atoms with van der Waals surface area (Å²) in [4.78, 5) is 1.16. The first kappa shape index (κ1) is 17.7. The van der Waals surface area contributed by atoms with Gasteiger partial charge in [0.25, 0.3) is 0 Å². The lowest BCUT2D eigenvalue weighted by atomic mass is 10.1. The Kier molecular flexibility index (Phi) is 5.89. The van der Waals surface area contributed by atoms with E-state index in [0.29, 0.717) is 0 Å². The molecule has 0 amide bonds. The molecule has 0 saturated carbocycles. The first-order chi connectivity index (χ1) is 12.1. The van der Waals surface area contributed by atoms with Crippen molar-refractivity contribution < 1.29 is 0 Å². The molecule has 0 aliphatic heterocycles. The van der Waals surface area contributed by atoms with Gasteiger partial charge in [-0.1, -0.05) is 46.3 Å². The van der Waals surface area contributed by atoms with E-state index in [4.69, 9.17) is 5.73 Å². The van der Waals surface area contributed by atoms with E-state index in [2.05, 4.69) is 57.2 Å². The molecule has 5 heteroatoms. The molecule has 0 radical (unpaired) electrons. The van der Waals surface area contributed by atoms with Crippen molar-refractivity contribution in [2.24, 2.45) is 0 Å². The molecule has 0 bridgehead atoms. The molecule has 0 atom stereocenters. The summed E-state index contributed by atoms with van der Waals surface area (Å²) in [6, 6.07) is 22.4. The van der Waals surface area contributed by atoms with Gasteiger partial charge in [0.1, 0.15) is 0 Å². The number of benzene rings is 3. The van der Waals surface area contributed by atoms with Crippen molar-refractivity contribution >= 4 is 44.9 Å². The van der Waals surface area contributed by atoms with Gasteiger partial charge < -0.3 is 15.8 Å². The molecular weight excluding hydrogens is 394 g/mol. The normalized spacial score (nSPS) is 10.5. The zero-order chi connectivity index (χ0) is 17.6. The van der Waals surface area contributed by atoms with Gasteiger partial charge in [-0.15, -0.1) is 0 Å². The summed E-state index contributed by atoms with van der Waals surface area (Å²) in [5.41, 5.74) is 11.3. The standard InChI is InChI=1S/C20H20BrN3S/c1-14-15(6-5-9-18(14)21)13-23-20-11-10-16(12-19(20)22)24-25-17-7-3-2-4-8-17/h2-12,23-24H,13,22H2,1H3. The number of nitrogens with two attached hydrogens (primary N) is 1. The zero-order valence-electron chi connectivity index (χ0n) is 13.9. The Morgan fingerprint density at radius 2 is 1.80 bits per heavy atom. The first-order valence-corrected chi connectivity index (χ1v) is 9.60. The molecule has 128 valence electrons. The molecule has 4 N–H and O–H groups in total. The quantitative estimate of drug-likeness (QED) is 0.338. The van der Waals surface area contributed by atoms with Crippen LogP contribution in [0, 0.1) is 6.92 Å². The third kappa shape index (κ3) is 4.71. The first-order valence-electron chi connectivity index (χ1n) is 7.99. The summed E-state index contributed by atoms with van der Waals surface area (Å²) in [6.45, 7) is 2.85. The van der Waals surface area contributed by atoms with Gasteiger partial charge >= 0.3 is 0 Å². The number of nitrogens with one attached hydrogen (secondary N) is 2. The van der Waals surface area contributed by atoms with Crippen LogP contribution in [0.25, 0.3) is 0 Å². The minimum atomic E-state index is 0.728. The molecule has 0 aliphatic rings. The van der Waals surface area contributed by atoms with Crippen LogP contribution in [-0.4, -0.2) is 0 Å². The number of halogens is 1. The van der Waals surface area contributed by atoms with Crippen LogP contribution in [-0.2, 0) is 6.54 Å². The number of hydrogen-bond acceptors (Lipinski definition) is 4. The van der Waals surface area contributed by atoms with E-state index in [-0.39, 0.29) is 0 Å². The molecule has 0 heterocycles. The van der Waals surface area contributed by atoms with Crippen molar-refractivity contribution in [2.75, 3.05) is 15.8 Å². The second-order valence-electron chi connectivity index (χ2n) is 5.70. The second kappa shape index (κ2) is 8.32. The van der Waals surface area contributed by atoms with E-state index in [1.54, 1.807) is 11.9 Å². The molecule has 0 fully saturated rings. The maximum atomic E-state index is 6.20. The molecular formula is C20H20BrN3S. The van der Waals surface area contributed by atoms with Crippen molar-refractivity contribution in [3.05, 3.63) is 82.3 Å². The third-order valence-electron chi connectivity index (χ3n) is 3.93. The fourth-order valence-corrected chi connectivity index (χ4v) is 3.49. The van der Waals surface area contributed by atoms with Crippen molar-refractivity contribution in [3.63, 3.8) is 0 Å². The molecule has 0 saturated heterocycles. The lowest BCUT2D eigenvalue weighted by Gasteiger charge is -2.13. The minimum Gasteiger partial charge on any atom is -0.397 e. The highest BCUT2D eigenvalue weighted by Gasteiger charge is 2.04. The maximum Gasteiger partial charge on any atom is 0.0578 e. The van der Waals surface area contributed by atoms with Crippen LogP contribution in [0.5, 0.6) is 0 Å². The Bertz CT molecular complexity index is 853. The fraction of sp³-hybridized carbons (Fsp3) is 0.100. The second-order valence-corrected chi connectivity index (χ2v) is 7.43. The van der Waals surface area contributed by atoms with E-state index in [9.17, 15) is 0 Å². The van der Waals surface area contributed by atoms with Crippen LogP contribution < -0.4 is 15.8 Å². The van der Waals surface area contributed by atoms with Gasteiger partial charge in [-0.2, -0.15) is 0 Å². The summed E-state index contributed by atoms with van der Waals surface area (Å²) in [5, 5.41) is 3.42. The SMILES string of the molecule is Cc1c(Br)cccc1CNc1ccc(NSc2ccccc2)cc1N. The lowest BCUT2D eigenvalue weighted by Crippen LogP contribution is -2.04. The number of nitrogen functional groups attached to an aromatic ring is 1. The topological polar surface area (TPSA) is 50.1 Å². The summed E-state index contributed by atoms with van der Waals surface area (Å²) < 4.78 is 4.44. The van der Waals surface area contributed by atoms with Crippen molar-refractivity contribution in [2.45, 2.75) is 18.4 Å². The molecule has 25 heavy (non-hydrogen) atoms. The predicted octanol–water partition coefficient (Wildman–Crippen LogP) is 6.07. The smallest absolute Gasteiger partial charge is 0.0578 e.